The molecule has 0 bridgehead atoms. The molecule has 2 heterocycles. The topological polar surface area (TPSA) is 80.9 Å². The van der Waals surface area contributed by atoms with Gasteiger partial charge in [0.05, 0.1) is 18.3 Å². The van der Waals surface area contributed by atoms with Gasteiger partial charge in [-0.2, -0.15) is 0 Å². The second-order valence-electron chi connectivity index (χ2n) is 4.03. The highest BCUT2D eigenvalue weighted by molar-refractivity contribution is 5.91. The Morgan fingerprint density at radius 3 is 2.67 bits per heavy atom. The van der Waals surface area contributed by atoms with E-state index >= 15 is 0 Å². The molecule has 0 radical (unpaired) electrons. The van der Waals surface area contributed by atoms with Crippen LogP contribution in [0.1, 0.15) is 11.3 Å². The van der Waals surface area contributed by atoms with Crippen molar-refractivity contribution in [3.8, 4) is 0 Å². The number of nitrogen functional groups attached to an aromatic ring is 1. The van der Waals surface area contributed by atoms with Gasteiger partial charge in [0.2, 0.25) is 5.91 Å². The molecule has 5 heteroatoms. The van der Waals surface area contributed by atoms with Crippen molar-refractivity contribution in [2.75, 3.05) is 11.1 Å². The van der Waals surface area contributed by atoms with Crippen molar-refractivity contribution in [3.05, 3.63) is 47.9 Å². The summed E-state index contributed by atoms with van der Waals surface area (Å²) in [5, 5.41) is 2.71. The highest BCUT2D eigenvalue weighted by atomic mass is 16.1. The highest BCUT2D eigenvalue weighted by Gasteiger charge is 2.05. The quantitative estimate of drug-likeness (QED) is 0.855. The average molecular weight is 242 g/mol. The molecule has 0 aliphatic carbocycles. The van der Waals surface area contributed by atoms with Crippen LogP contribution >= 0.6 is 0 Å². The maximum Gasteiger partial charge on any atom is 0.231 e. The summed E-state index contributed by atoms with van der Waals surface area (Å²) in [6.45, 7) is 1.94. The monoisotopic (exact) mass is 242 g/mol. The lowest BCUT2D eigenvalue weighted by Gasteiger charge is -2.04. The summed E-state index contributed by atoms with van der Waals surface area (Å²) >= 11 is 0. The van der Waals surface area contributed by atoms with Crippen molar-refractivity contribution in [2.45, 2.75) is 13.3 Å². The van der Waals surface area contributed by atoms with Crippen LogP contribution in [-0.4, -0.2) is 15.9 Å². The van der Waals surface area contributed by atoms with Gasteiger partial charge >= 0.3 is 0 Å². The van der Waals surface area contributed by atoms with E-state index in [4.69, 9.17) is 5.73 Å². The first-order valence-electron chi connectivity index (χ1n) is 5.56. The molecule has 18 heavy (non-hydrogen) atoms. The molecule has 92 valence electrons. The molecule has 5 nitrogen and oxygen atoms in total. The number of carbonyl (C=O) groups is 1. The van der Waals surface area contributed by atoms with E-state index in [2.05, 4.69) is 15.3 Å². The number of hydrogen-bond acceptors (Lipinski definition) is 4. The Kier molecular flexibility index (Phi) is 3.52. The Morgan fingerprint density at radius 1 is 1.22 bits per heavy atom. The van der Waals surface area contributed by atoms with E-state index in [0.29, 0.717) is 17.2 Å². The van der Waals surface area contributed by atoms with Crippen LogP contribution in [0.2, 0.25) is 0 Å². The van der Waals surface area contributed by atoms with Gasteiger partial charge in [0.25, 0.3) is 0 Å². The number of nitrogens with one attached hydrogen (secondary N) is 1. The number of hydrogen-bond donors (Lipinski definition) is 2. The molecule has 0 fully saturated rings. The van der Waals surface area contributed by atoms with Gasteiger partial charge in [-0.05, 0) is 30.7 Å². The van der Waals surface area contributed by atoms with Crippen LogP contribution in [-0.2, 0) is 11.2 Å². The molecule has 2 aromatic heterocycles. The van der Waals surface area contributed by atoms with Crippen LogP contribution in [0.25, 0.3) is 0 Å². The zero-order chi connectivity index (χ0) is 13.0. The number of aryl methyl sites for hydroxylation is 1. The third-order valence-corrected chi connectivity index (χ3v) is 2.37. The first kappa shape index (κ1) is 12.0. The SMILES string of the molecule is Cc1ccc(NC(=O)Cc2ccc(N)cn2)nc1. The first-order chi connectivity index (χ1) is 8.63. The van der Waals surface area contributed by atoms with Gasteiger partial charge in [0.1, 0.15) is 5.82 Å². The number of rotatable bonds is 3. The zero-order valence-corrected chi connectivity index (χ0v) is 10.1. The molecule has 0 unspecified atom stereocenters. The summed E-state index contributed by atoms with van der Waals surface area (Å²) in [6.07, 6.45) is 3.44. The number of amides is 1. The Hall–Kier alpha value is -2.43. The molecule has 0 aliphatic rings. The van der Waals surface area contributed by atoms with Crippen molar-refractivity contribution in [1.29, 1.82) is 0 Å². The second-order valence-corrected chi connectivity index (χ2v) is 4.03. The normalized spacial score (nSPS) is 10.1. The third kappa shape index (κ3) is 3.28. The fraction of sp³-hybridized carbons (Fsp3) is 0.154. The molecule has 0 saturated carbocycles. The molecule has 1 amide bonds. The van der Waals surface area contributed by atoms with Crippen LogP contribution < -0.4 is 11.1 Å². The summed E-state index contributed by atoms with van der Waals surface area (Å²) in [4.78, 5) is 19.9. The molecular formula is C13H14N4O. The van der Waals surface area contributed by atoms with Gasteiger partial charge in [-0.15, -0.1) is 0 Å². The minimum Gasteiger partial charge on any atom is -0.397 e. The standard InChI is InChI=1S/C13H14N4O/c1-9-2-5-12(16-7-9)17-13(18)6-11-4-3-10(14)8-15-11/h2-5,7-8H,6,14H2,1H3,(H,16,17,18). The molecule has 0 atom stereocenters. The van der Waals surface area contributed by atoms with Gasteiger partial charge in [-0.25, -0.2) is 4.98 Å². The van der Waals surface area contributed by atoms with Crippen LogP contribution in [0.4, 0.5) is 11.5 Å². The van der Waals surface area contributed by atoms with Crippen molar-refractivity contribution >= 4 is 17.4 Å². The van der Waals surface area contributed by atoms with Gasteiger partial charge in [0, 0.05) is 11.9 Å². The molecule has 0 spiro atoms. The number of nitrogens with zero attached hydrogens (tertiary/aromatic N) is 2. The predicted molar refractivity (Wildman–Crippen MR) is 70.0 cm³/mol. The zero-order valence-electron chi connectivity index (χ0n) is 10.1. The van der Waals surface area contributed by atoms with Crippen molar-refractivity contribution in [3.63, 3.8) is 0 Å². The second kappa shape index (κ2) is 5.27. The average Bonchev–Trinajstić information content (AvgIpc) is 2.35. The molecule has 0 saturated heterocycles. The minimum absolute atomic E-state index is 0.149. The van der Waals surface area contributed by atoms with Gasteiger partial charge in [0.15, 0.2) is 0 Å². The van der Waals surface area contributed by atoms with E-state index in [0.717, 1.165) is 5.56 Å². The Morgan fingerprint density at radius 2 is 2.06 bits per heavy atom. The minimum atomic E-state index is -0.149. The van der Waals surface area contributed by atoms with E-state index in [1.807, 2.05) is 13.0 Å². The van der Waals surface area contributed by atoms with Crippen molar-refractivity contribution < 1.29 is 4.79 Å². The lowest BCUT2D eigenvalue weighted by Crippen LogP contribution is -2.16. The summed E-state index contributed by atoms with van der Waals surface area (Å²) < 4.78 is 0. The van der Waals surface area contributed by atoms with Gasteiger partial charge < -0.3 is 11.1 Å². The predicted octanol–water partition coefficient (Wildman–Crippen LogP) is 1.55. The summed E-state index contributed by atoms with van der Waals surface area (Å²) in [6, 6.07) is 7.12. The fourth-order valence-corrected chi connectivity index (χ4v) is 1.43. The lowest BCUT2D eigenvalue weighted by molar-refractivity contribution is -0.115. The van der Waals surface area contributed by atoms with E-state index in [-0.39, 0.29) is 12.3 Å². The van der Waals surface area contributed by atoms with Crippen LogP contribution in [0, 0.1) is 6.92 Å². The number of anilines is 2. The molecule has 0 aromatic carbocycles. The summed E-state index contributed by atoms with van der Waals surface area (Å²) in [7, 11) is 0. The third-order valence-electron chi connectivity index (χ3n) is 2.37. The van der Waals surface area contributed by atoms with Crippen molar-refractivity contribution in [2.24, 2.45) is 0 Å². The van der Waals surface area contributed by atoms with E-state index < -0.39 is 0 Å². The van der Waals surface area contributed by atoms with Crippen LogP contribution in [0.15, 0.2) is 36.7 Å². The number of pyridine rings is 2. The number of aromatic nitrogens is 2. The van der Waals surface area contributed by atoms with Crippen LogP contribution in [0.3, 0.4) is 0 Å². The molecule has 3 N–H and O–H groups in total. The van der Waals surface area contributed by atoms with Gasteiger partial charge in [-0.3, -0.25) is 9.78 Å². The summed E-state index contributed by atoms with van der Waals surface area (Å²) in [5.41, 5.74) is 7.83. The maximum atomic E-state index is 11.7. The number of carbonyl (C=O) groups excluding carboxylic acids is 1. The van der Waals surface area contributed by atoms with E-state index in [1.165, 1.54) is 6.20 Å². The molecule has 0 aliphatic heterocycles. The molecular weight excluding hydrogens is 228 g/mol. The smallest absolute Gasteiger partial charge is 0.231 e. The fourth-order valence-electron chi connectivity index (χ4n) is 1.43. The first-order valence-corrected chi connectivity index (χ1v) is 5.56. The Bertz CT molecular complexity index is 484. The molecule has 2 rings (SSSR count). The van der Waals surface area contributed by atoms with E-state index in [1.54, 1.807) is 24.4 Å². The van der Waals surface area contributed by atoms with Crippen LogP contribution in [0.5, 0.6) is 0 Å². The maximum absolute atomic E-state index is 11.7. The summed E-state index contributed by atoms with van der Waals surface area (Å²) in [5.74, 6) is 0.393. The number of nitrogens with two attached hydrogens (primary N) is 1. The largest absolute Gasteiger partial charge is 0.397 e. The highest BCUT2D eigenvalue weighted by Crippen LogP contribution is 2.06. The Balaban J connectivity index is 1.96. The lowest BCUT2D eigenvalue weighted by atomic mass is 10.2. The van der Waals surface area contributed by atoms with Gasteiger partial charge in [-0.1, -0.05) is 6.07 Å². The van der Waals surface area contributed by atoms with Crippen molar-refractivity contribution in [1.82, 2.24) is 9.97 Å². The van der Waals surface area contributed by atoms with E-state index in [9.17, 15) is 4.79 Å². The molecule has 2 aromatic rings. The Labute approximate surface area is 105 Å².